The number of nitrogens with one attached hydrogen (secondary N) is 1. The molecule has 0 saturated heterocycles. The van der Waals surface area contributed by atoms with Gasteiger partial charge in [-0.2, -0.15) is 0 Å². The van der Waals surface area contributed by atoms with E-state index in [2.05, 4.69) is 34.3 Å². The van der Waals surface area contributed by atoms with Crippen LogP contribution >= 0.6 is 11.6 Å². The number of hydrogen-bond donors (Lipinski definition) is 2. The lowest BCUT2D eigenvalue weighted by molar-refractivity contribution is -0.116. The van der Waals surface area contributed by atoms with Crippen molar-refractivity contribution >= 4 is 34.5 Å². The Morgan fingerprint density at radius 2 is 1.84 bits per heavy atom. The number of phenols is 1. The Morgan fingerprint density at radius 3 is 2.65 bits per heavy atom. The third-order valence-electron chi connectivity index (χ3n) is 5.13. The molecule has 2 N–H and O–H groups in total. The summed E-state index contributed by atoms with van der Waals surface area (Å²) < 4.78 is 2.23. The molecule has 156 valence electrons. The highest BCUT2D eigenvalue weighted by Gasteiger charge is 2.09. The molecule has 0 spiro atoms. The molecule has 0 unspecified atom stereocenters. The topological polar surface area (TPSA) is 54.3 Å². The Hall–Kier alpha value is -3.50. The van der Waals surface area contributed by atoms with E-state index in [-0.39, 0.29) is 11.7 Å². The first-order valence-corrected chi connectivity index (χ1v) is 10.5. The second kappa shape index (κ2) is 9.54. The van der Waals surface area contributed by atoms with Gasteiger partial charge < -0.3 is 15.0 Å². The molecule has 1 aromatic heterocycles. The number of fused-ring (bicyclic) bond motifs is 1. The van der Waals surface area contributed by atoms with Crippen molar-refractivity contribution in [2.75, 3.05) is 6.54 Å². The lowest BCUT2D eigenvalue weighted by atomic mass is 10.1. The van der Waals surface area contributed by atoms with Crippen molar-refractivity contribution < 1.29 is 9.90 Å². The molecule has 3 aromatic carbocycles. The van der Waals surface area contributed by atoms with E-state index in [1.165, 1.54) is 17.0 Å². The normalized spacial score (nSPS) is 11.3. The number of rotatable bonds is 7. The Bertz CT molecular complexity index is 1230. The Morgan fingerprint density at radius 1 is 1.03 bits per heavy atom. The van der Waals surface area contributed by atoms with Crippen molar-refractivity contribution in [1.29, 1.82) is 0 Å². The minimum absolute atomic E-state index is 0.143. The van der Waals surface area contributed by atoms with Crippen LogP contribution in [0.2, 0.25) is 5.02 Å². The molecule has 0 bridgehead atoms. The van der Waals surface area contributed by atoms with E-state index in [9.17, 15) is 9.90 Å². The number of phenolic OH excluding ortho intramolecular Hbond substituents is 1. The quantitative estimate of drug-likeness (QED) is 0.384. The van der Waals surface area contributed by atoms with Gasteiger partial charge in [0.25, 0.3) is 0 Å². The molecule has 0 aliphatic carbocycles. The fourth-order valence-electron chi connectivity index (χ4n) is 3.62. The van der Waals surface area contributed by atoms with E-state index in [1.807, 2.05) is 30.3 Å². The number of halogens is 1. The van der Waals surface area contributed by atoms with Crippen LogP contribution in [0.25, 0.3) is 17.0 Å². The molecule has 5 heteroatoms. The van der Waals surface area contributed by atoms with Gasteiger partial charge in [0.05, 0.1) is 0 Å². The number of aromatic nitrogens is 1. The highest BCUT2D eigenvalue weighted by molar-refractivity contribution is 6.30. The van der Waals surface area contributed by atoms with E-state index in [4.69, 9.17) is 11.6 Å². The van der Waals surface area contributed by atoms with E-state index >= 15 is 0 Å². The molecule has 0 saturated carbocycles. The molecule has 0 aliphatic rings. The molecule has 0 aliphatic heterocycles. The first-order chi connectivity index (χ1) is 15.1. The molecule has 1 heterocycles. The molecule has 4 aromatic rings. The average Bonchev–Trinajstić information content (AvgIpc) is 3.11. The number of nitrogens with zero attached hydrogens (tertiary/aromatic N) is 1. The zero-order valence-electron chi connectivity index (χ0n) is 17.0. The molecule has 1 amide bonds. The van der Waals surface area contributed by atoms with E-state index in [0.29, 0.717) is 6.54 Å². The Balaban J connectivity index is 1.41. The summed E-state index contributed by atoms with van der Waals surface area (Å²) in [5.74, 6) is 0.0619. The molecule has 0 atom stereocenters. The number of amides is 1. The maximum absolute atomic E-state index is 12.2. The molecular weight excluding hydrogens is 408 g/mol. The van der Waals surface area contributed by atoms with E-state index in [1.54, 1.807) is 30.3 Å². The number of hydrogen-bond acceptors (Lipinski definition) is 2. The largest absolute Gasteiger partial charge is 0.508 e. The third kappa shape index (κ3) is 5.36. The summed E-state index contributed by atoms with van der Waals surface area (Å²) in [4.78, 5) is 12.2. The summed E-state index contributed by atoms with van der Waals surface area (Å²) in [5, 5.41) is 14.2. The van der Waals surface area contributed by atoms with Crippen molar-refractivity contribution in [3.63, 3.8) is 0 Å². The number of carbonyl (C=O) groups is 1. The number of benzene rings is 3. The second-order valence-electron chi connectivity index (χ2n) is 7.40. The van der Waals surface area contributed by atoms with Gasteiger partial charge >= 0.3 is 0 Å². The van der Waals surface area contributed by atoms with Gasteiger partial charge in [0.1, 0.15) is 5.75 Å². The zero-order valence-corrected chi connectivity index (χ0v) is 17.7. The van der Waals surface area contributed by atoms with Crippen LogP contribution < -0.4 is 5.32 Å². The highest BCUT2D eigenvalue weighted by Crippen LogP contribution is 2.23. The first kappa shape index (κ1) is 20.8. The minimum Gasteiger partial charge on any atom is -0.508 e. The standard InChI is InChI=1S/C26H23ClN2O2/c27-22-5-3-4-20(16-22)17-29-18-21(24-6-1-2-7-25(24)29)14-15-28-26(31)13-10-19-8-11-23(30)12-9-19/h1-13,16,18,30H,14-15,17H2,(H,28,31)/b13-10+. The fraction of sp³-hybridized carbons (Fsp3) is 0.115. The summed E-state index contributed by atoms with van der Waals surface area (Å²) in [6, 6.07) is 22.9. The van der Waals surface area contributed by atoms with Crippen molar-refractivity contribution in [3.8, 4) is 5.75 Å². The van der Waals surface area contributed by atoms with Crippen molar-refractivity contribution in [1.82, 2.24) is 9.88 Å². The maximum atomic E-state index is 12.2. The third-order valence-corrected chi connectivity index (χ3v) is 5.36. The van der Waals surface area contributed by atoms with Crippen LogP contribution in [0.3, 0.4) is 0 Å². The van der Waals surface area contributed by atoms with Crippen LogP contribution in [0, 0.1) is 0 Å². The van der Waals surface area contributed by atoms with Gasteiger partial charge in [-0.3, -0.25) is 4.79 Å². The Labute approximate surface area is 186 Å². The molecule has 4 nitrogen and oxygen atoms in total. The van der Waals surface area contributed by atoms with Crippen LogP contribution in [0.4, 0.5) is 0 Å². The van der Waals surface area contributed by atoms with Crippen LogP contribution in [0.15, 0.2) is 85.1 Å². The molecule has 4 rings (SSSR count). The van der Waals surface area contributed by atoms with Gasteiger partial charge in [0.2, 0.25) is 5.91 Å². The molecular formula is C26H23ClN2O2. The van der Waals surface area contributed by atoms with Gasteiger partial charge in [-0.05, 0) is 59.5 Å². The van der Waals surface area contributed by atoms with Crippen molar-refractivity contribution in [2.24, 2.45) is 0 Å². The predicted molar refractivity (Wildman–Crippen MR) is 126 cm³/mol. The van der Waals surface area contributed by atoms with Crippen molar-refractivity contribution in [3.05, 3.63) is 107 Å². The summed E-state index contributed by atoms with van der Waals surface area (Å²) >= 11 is 6.14. The fourth-order valence-corrected chi connectivity index (χ4v) is 3.83. The second-order valence-corrected chi connectivity index (χ2v) is 7.83. The monoisotopic (exact) mass is 430 g/mol. The highest BCUT2D eigenvalue weighted by atomic mass is 35.5. The maximum Gasteiger partial charge on any atom is 0.244 e. The van der Waals surface area contributed by atoms with Crippen LogP contribution in [0.5, 0.6) is 5.75 Å². The molecule has 31 heavy (non-hydrogen) atoms. The number of aromatic hydroxyl groups is 1. The SMILES string of the molecule is O=C(/C=C/c1ccc(O)cc1)NCCc1cn(Cc2cccc(Cl)c2)c2ccccc12. The predicted octanol–water partition coefficient (Wildman–Crippen LogP) is 5.42. The molecule has 0 fully saturated rings. The summed E-state index contributed by atoms with van der Waals surface area (Å²) in [5.41, 5.74) is 4.36. The van der Waals surface area contributed by atoms with E-state index in [0.717, 1.165) is 34.6 Å². The number of para-hydroxylation sites is 1. The van der Waals surface area contributed by atoms with Gasteiger partial charge in [0.15, 0.2) is 0 Å². The molecule has 0 radical (unpaired) electrons. The summed E-state index contributed by atoms with van der Waals surface area (Å²) in [6.07, 6.45) is 6.13. The van der Waals surface area contributed by atoms with Gasteiger partial charge in [-0.25, -0.2) is 0 Å². The van der Waals surface area contributed by atoms with E-state index < -0.39 is 0 Å². The van der Waals surface area contributed by atoms with Gasteiger partial charge in [0, 0.05) is 41.3 Å². The minimum atomic E-state index is -0.143. The van der Waals surface area contributed by atoms with Crippen molar-refractivity contribution in [2.45, 2.75) is 13.0 Å². The summed E-state index contributed by atoms with van der Waals surface area (Å²) in [7, 11) is 0. The summed E-state index contributed by atoms with van der Waals surface area (Å²) in [6.45, 7) is 1.28. The van der Waals surface area contributed by atoms with Gasteiger partial charge in [-0.1, -0.05) is 54.1 Å². The van der Waals surface area contributed by atoms with Crippen LogP contribution in [-0.2, 0) is 17.8 Å². The van der Waals surface area contributed by atoms with Gasteiger partial charge in [-0.15, -0.1) is 0 Å². The first-order valence-electron chi connectivity index (χ1n) is 10.1. The Kier molecular flexibility index (Phi) is 6.39. The van der Waals surface area contributed by atoms with Crippen LogP contribution in [0.1, 0.15) is 16.7 Å². The lowest BCUT2D eigenvalue weighted by Gasteiger charge is -2.06. The zero-order chi connectivity index (χ0) is 21.6. The van der Waals surface area contributed by atoms with Crippen LogP contribution in [-0.4, -0.2) is 22.1 Å². The smallest absolute Gasteiger partial charge is 0.244 e. The number of carbonyl (C=O) groups excluding carboxylic acids is 1. The average molecular weight is 431 g/mol. The lowest BCUT2D eigenvalue weighted by Crippen LogP contribution is -2.23.